The van der Waals surface area contributed by atoms with Crippen LogP contribution in [0.5, 0.6) is 0 Å². The van der Waals surface area contributed by atoms with E-state index in [1.807, 2.05) is 0 Å². The lowest BCUT2D eigenvalue weighted by Crippen LogP contribution is -2.27. The summed E-state index contributed by atoms with van der Waals surface area (Å²) in [7, 11) is 0. The Balaban J connectivity index is 1.69. The molecule has 1 aromatic heterocycles. The van der Waals surface area contributed by atoms with Crippen LogP contribution in [-0.2, 0) is 22.5 Å². The molecular formula is C14H23N3O3. The molecule has 2 heterocycles. The van der Waals surface area contributed by atoms with Crippen LogP contribution < -0.4 is 5.32 Å². The van der Waals surface area contributed by atoms with Gasteiger partial charge >= 0.3 is 0 Å². The van der Waals surface area contributed by atoms with Crippen LogP contribution in [0.25, 0.3) is 0 Å². The van der Waals surface area contributed by atoms with Gasteiger partial charge in [0.05, 0.1) is 13.2 Å². The van der Waals surface area contributed by atoms with E-state index in [4.69, 9.17) is 9.47 Å². The third-order valence-corrected chi connectivity index (χ3v) is 3.30. The standard InChI is InChI=1S/C14H23N3O3/c1-2-3-7-19-8-4-6-15-14(18)13-11-10-20-9-5-12(11)16-17-13/h2-10H2,1H3,(H,15,18)(H,16,17). The van der Waals surface area contributed by atoms with E-state index in [0.717, 1.165) is 43.5 Å². The summed E-state index contributed by atoms with van der Waals surface area (Å²) in [6.07, 6.45) is 3.84. The number of nitrogens with one attached hydrogen (secondary N) is 2. The Morgan fingerprint density at radius 3 is 3.15 bits per heavy atom. The van der Waals surface area contributed by atoms with E-state index in [0.29, 0.717) is 32.1 Å². The van der Waals surface area contributed by atoms with Crippen LogP contribution in [0.3, 0.4) is 0 Å². The van der Waals surface area contributed by atoms with Gasteiger partial charge in [-0.15, -0.1) is 0 Å². The van der Waals surface area contributed by atoms with Gasteiger partial charge in [-0.1, -0.05) is 13.3 Å². The molecule has 1 amide bonds. The molecule has 0 bridgehead atoms. The van der Waals surface area contributed by atoms with Crippen LogP contribution in [0.15, 0.2) is 0 Å². The highest BCUT2D eigenvalue weighted by atomic mass is 16.5. The summed E-state index contributed by atoms with van der Waals surface area (Å²) in [5.41, 5.74) is 2.38. The summed E-state index contributed by atoms with van der Waals surface area (Å²) in [6.45, 7) is 5.38. The molecule has 0 atom stereocenters. The predicted molar refractivity (Wildman–Crippen MR) is 74.6 cm³/mol. The summed E-state index contributed by atoms with van der Waals surface area (Å²) in [4.78, 5) is 12.0. The zero-order chi connectivity index (χ0) is 14.2. The van der Waals surface area contributed by atoms with Gasteiger partial charge in [0, 0.05) is 37.4 Å². The number of aromatic nitrogens is 2. The number of carbonyl (C=O) groups is 1. The number of unbranched alkanes of at least 4 members (excludes halogenated alkanes) is 1. The number of rotatable bonds is 8. The number of amides is 1. The molecule has 0 saturated carbocycles. The fourth-order valence-electron chi connectivity index (χ4n) is 2.11. The van der Waals surface area contributed by atoms with Crippen LogP contribution in [0.2, 0.25) is 0 Å². The summed E-state index contributed by atoms with van der Waals surface area (Å²) in [5.74, 6) is -0.137. The van der Waals surface area contributed by atoms with Gasteiger partial charge in [0.1, 0.15) is 0 Å². The molecule has 0 spiro atoms. The smallest absolute Gasteiger partial charge is 0.272 e. The number of carbonyl (C=O) groups excluding carboxylic acids is 1. The molecule has 0 fully saturated rings. The van der Waals surface area contributed by atoms with Gasteiger partial charge in [0.15, 0.2) is 5.69 Å². The summed E-state index contributed by atoms with van der Waals surface area (Å²) in [6, 6.07) is 0. The molecule has 1 aliphatic rings. The average Bonchev–Trinajstić information content (AvgIpc) is 2.90. The number of H-pyrrole nitrogens is 1. The third kappa shape index (κ3) is 4.05. The van der Waals surface area contributed by atoms with E-state index >= 15 is 0 Å². The van der Waals surface area contributed by atoms with E-state index in [9.17, 15) is 4.79 Å². The largest absolute Gasteiger partial charge is 0.381 e. The Bertz CT molecular complexity index is 431. The quantitative estimate of drug-likeness (QED) is 0.707. The fraction of sp³-hybridized carbons (Fsp3) is 0.714. The molecule has 0 saturated heterocycles. The van der Waals surface area contributed by atoms with Crippen molar-refractivity contribution in [2.24, 2.45) is 0 Å². The topological polar surface area (TPSA) is 76.2 Å². The van der Waals surface area contributed by atoms with Gasteiger partial charge in [0.2, 0.25) is 0 Å². The minimum absolute atomic E-state index is 0.137. The number of hydrogen-bond donors (Lipinski definition) is 2. The molecule has 0 aromatic carbocycles. The van der Waals surface area contributed by atoms with Gasteiger partial charge < -0.3 is 14.8 Å². The highest BCUT2D eigenvalue weighted by Crippen LogP contribution is 2.17. The van der Waals surface area contributed by atoms with E-state index in [1.165, 1.54) is 0 Å². The van der Waals surface area contributed by atoms with Crippen molar-refractivity contribution in [3.8, 4) is 0 Å². The lowest BCUT2D eigenvalue weighted by atomic mass is 10.1. The predicted octanol–water partition coefficient (Wildman–Crippen LogP) is 1.42. The minimum Gasteiger partial charge on any atom is -0.381 e. The first kappa shape index (κ1) is 15.0. The Kier molecular flexibility index (Phi) is 6.01. The zero-order valence-corrected chi connectivity index (χ0v) is 12.0. The highest BCUT2D eigenvalue weighted by Gasteiger charge is 2.21. The first-order chi connectivity index (χ1) is 9.83. The van der Waals surface area contributed by atoms with E-state index in [-0.39, 0.29) is 5.91 Å². The molecule has 0 aliphatic carbocycles. The van der Waals surface area contributed by atoms with Crippen molar-refractivity contribution in [3.63, 3.8) is 0 Å². The Morgan fingerprint density at radius 1 is 1.45 bits per heavy atom. The van der Waals surface area contributed by atoms with Crippen molar-refractivity contribution < 1.29 is 14.3 Å². The maximum Gasteiger partial charge on any atom is 0.272 e. The Labute approximate surface area is 119 Å². The second kappa shape index (κ2) is 8.01. The first-order valence-corrected chi connectivity index (χ1v) is 7.32. The molecule has 6 nitrogen and oxygen atoms in total. The van der Waals surface area contributed by atoms with Gasteiger partial charge in [-0.05, 0) is 12.8 Å². The molecule has 2 rings (SSSR count). The van der Waals surface area contributed by atoms with Crippen molar-refractivity contribution in [2.75, 3.05) is 26.4 Å². The third-order valence-electron chi connectivity index (χ3n) is 3.30. The maximum absolute atomic E-state index is 12.0. The second-order valence-electron chi connectivity index (χ2n) is 4.91. The number of ether oxygens (including phenoxy) is 2. The normalized spacial score (nSPS) is 14.1. The highest BCUT2D eigenvalue weighted by molar-refractivity contribution is 5.93. The molecule has 20 heavy (non-hydrogen) atoms. The fourth-order valence-corrected chi connectivity index (χ4v) is 2.11. The van der Waals surface area contributed by atoms with Crippen molar-refractivity contribution in [2.45, 2.75) is 39.2 Å². The van der Waals surface area contributed by atoms with Crippen molar-refractivity contribution in [1.29, 1.82) is 0 Å². The number of hydrogen-bond acceptors (Lipinski definition) is 4. The molecule has 112 valence electrons. The van der Waals surface area contributed by atoms with Crippen molar-refractivity contribution in [3.05, 3.63) is 17.0 Å². The molecule has 0 unspecified atom stereocenters. The molecule has 1 aliphatic heterocycles. The zero-order valence-electron chi connectivity index (χ0n) is 12.0. The number of fused-ring (bicyclic) bond motifs is 1. The Morgan fingerprint density at radius 2 is 2.30 bits per heavy atom. The summed E-state index contributed by atoms with van der Waals surface area (Å²) in [5, 5.41) is 9.87. The summed E-state index contributed by atoms with van der Waals surface area (Å²) >= 11 is 0. The molecule has 0 radical (unpaired) electrons. The Hall–Kier alpha value is -1.40. The van der Waals surface area contributed by atoms with E-state index in [2.05, 4.69) is 22.4 Å². The lowest BCUT2D eigenvalue weighted by Gasteiger charge is -2.12. The van der Waals surface area contributed by atoms with Crippen LogP contribution in [0.4, 0.5) is 0 Å². The molecular weight excluding hydrogens is 258 g/mol. The monoisotopic (exact) mass is 281 g/mol. The van der Waals surface area contributed by atoms with Crippen molar-refractivity contribution in [1.82, 2.24) is 15.5 Å². The van der Waals surface area contributed by atoms with E-state index < -0.39 is 0 Å². The van der Waals surface area contributed by atoms with Gasteiger partial charge in [0.25, 0.3) is 5.91 Å². The van der Waals surface area contributed by atoms with E-state index in [1.54, 1.807) is 0 Å². The van der Waals surface area contributed by atoms with Crippen LogP contribution >= 0.6 is 0 Å². The van der Waals surface area contributed by atoms with Crippen LogP contribution in [0, 0.1) is 0 Å². The minimum atomic E-state index is -0.137. The summed E-state index contributed by atoms with van der Waals surface area (Å²) < 4.78 is 10.8. The molecule has 6 heteroatoms. The maximum atomic E-state index is 12.0. The SMILES string of the molecule is CCCCOCCCNC(=O)c1n[nH]c2c1COCC2. The molecule has 1 aromatic rings. The number of aromatic amines is 1. The first-order valence-electron chi connectivity index (χ1n) is 7.32. The lowest BCUT2D eigenvalue weighted by molar-refractivity contribution is 0.0914. The second-order valence-corrected chi connectivity index (χ2v) is 4.91. The molecule has 2 N–H and O–H groups in total. The van der Waals surface area contributed by atoms with Crippen LogP contribution in [-0.4, -0.2) is 42.5 Å². The number of nitrogens with zero attached hydrogens (tertiary/aromatic N) is 1. The van der Waals surface area contributed by atoms with Crippen molar-refractivity contribution >= 4 is 5.91 Å². The van der Waals surface area contributed by atoms with Gasteiger partial charge in [-0.25, -0.2) is 0 Å². The average molecular weight is 281 g/mol. The van der Waals surface area contributed by atoms with Gasteiger partial charge in [-0.3, -0.25) is 9.89 Å². The van der Waals surface area contributed by atoms with Crippen LogP contribution in [0.1, 0.15) is 47.9 Å². The van der Waals surface area contributed by atoms with Gasteiger partial charge in [-0.2, -0.15) is 5.10 Å².